The van der Waals surface area contributed by atoms with Crippen LogP contribution < -0.4 is 0 Å². The molecule has 0 aromatic heterocycles. The van der Waals surface area contributed by atoms with Crippen LogP contribution in [0.4, 0.5) is 0 Å². The van der Waals surface area contributed by atoms with Gasteiger partial charge in [-0.3, -0.25) is 0 Å². The fraction of sp³-hybridized carbons (Fsp3) is 1.00. The van der Waals surface area contributed by atoms with Gasteiger partial charge in [0.2, 0.25) is 0 Å². The minimum atomic E-state index is -0.0657. The van der Waals surface area contributed by atoms with Gasteiger partial charge in [-0.15, -0.1) is 0 Å². The molecule has 12 unspecified atom stereocenters. The van der Waals surface area contributed by atoms with E-state index in [4.69, 9.17) is 37.9 Å². The van der Waals surface area contributed by atoms with E-state index in [1.54, 1.807) is 0 Å². The van der Waals surface area contributed by atoms with Crippen LogP contribution in [0.15, 0.2) is 0 Å². The molecule has 166 valence electrons. The fourth-order valence-electron chi connectivity index (χ4n) is 10.6. The minimum absolute atomic E-state index is 0.0370. The Labute approximate surface area is 196 Å². The van der Waals surface area contributed by atoms with Crippen molar-refractivity contribution in [3.05, 3.63) is 0 Å². The van der Waals surface area contributed by atoms with Gasteiger partial charge in [0.25, 0.3) is 0 Å². The molecule has 0 nitrogen and oxygen atoms in total. The number of rotatable bonds is 0. The molecule has 0 aromatic rings. The van der Waals surface area contributed by atoms with Crippen molar-refractivity contribution >= 4 is 37.9 Å². The summed E-state index contributed by atoms with van der Waals surface area (Å²) in [4.78, 5) is 0. The van der Waals surface area contributed by atoms with Crippen molar-refractivity contribution in [1.82, 2.24) is 0 Å². The van der Waals surface area contributed by atoms with Crippen LogP contribution >= 0.6 is 37.9 Å². The summed E-state index contributed by atoms with van der Waals surface area (Å²) < 4.78 is 0.0937. The molecule has 5 rings (SSSR count). The first-order valence-electron chi connectivity index (χ1n) is 12.4. The molecule has 0 N–H and O–H groups in total. The predicted octanol–water partition coefficient (Wildman–Crippen LogP) is 7.59. The molecule has 5 saturated carbocycles. The van der Waals surface area contributed by atoms with Crippen molar-refractivity contribution < 1.29 is 0 Å². The molecular weight excluding hydrogens is 408 g/mol. The Kier molecular flexibility index (Phi) is 4.48. The van der Waals surface area contributed by atoms with E-state index < -0.39 is 0 Å². The maximum Gasteiger partial charge on any atom is 0.0262 e. The lowest BCUT2D eigenvalue weighted by molar-refractivity contribution is -0.329. The number of hydrogen-bond acceptors (Lipinski definition) is 3. The predicted molar refractivity (Wildman–Crippen MR) is 135 cm³/mol. The zero-order chi connectivity index (χ0) is 21.4. The van der Waals surface area contributed by atoms with Gasteiger partial charge in [-0.05, 0) is 104 Å². The van der Waals surface area contributed by atoms with Gasteiger partial charge in [-0.1, -0.05) is 41.0 Å². The van der Waals surface area contributed by atoms with Crippen LogP contribution in [0.2, 0.25) is 0 Å². The van der Waals surface area contributed by atoms with Gasteiger partial charge in [0.15, 0.2) is 0 Å². The van der Waals surface area contributed by atoms with Crippen LogP contribution in [0.5, 0.6) is 0 Å². The topological polar surface area (TPSA) is 0 Å². The van der Waals surface area contributed by atoms with E-state index in [9.17, 15) is 0 Å². The highest BCUT2D eigenvalue weighted by Crippen LogP contribution is 2.98. The van der Waals surface area contributed by atoms with Crippen molar-refractivity contribution in [3.8, 4) is 0 Å². The second-order valence-corrected chi connectivity index (χ2v) is 16.1. The molecule has 0 heterocycles. The van der Waals surface area contributed by atoms with Gasteiger partial charge in [-0.25, -0.2) is 0 Å². The third-order valence-electron chi connectivity index (χ3n) is 12.6. The Morgan fingerprint density at radius 3 is 1.79 bits per heavy atom. The summed E-state index contributed by atoms with van der Waals surface area (Å²) in [6.07, 6.45) is 9.26. The summed E-state index contributed by atoms with van der Waals surface area (Å²) >= 11 is 16.3. The first-order valence-corrected chi connectivity index (χ1v) is 13.7. The molecule has 0 aliphatic heterocycles. The van der Waals surface area contributed by atoms with E-state index in [2.05, 4.69) is 48.5 Å². The second-order valence-electron chi connectivity index (χ2n) is 13.4. The molecule has 0 amide bonds. The first kappa shape index (κ1) is 21.9. The van der Waals surface area contributed by atoms with E-state index in [1.165, 1.54) is 44.9 Å². The second kappa shape index (κ2) is 5.94. The molecule has 29 heavy (non-hydrogen) atoms. The van der Waals surface area contributed by atoms with Crippen LogP contribution in [0, 0.1) is 51.8 Å². The average Bonchev–Trinajstić information content (AvgIpc) is 3.06. The minimum Gasteiger partial charge on any atom is -0.171 e. The highest BCUT2D eigenvalue weighted by molar-refractivity contribution is 7.86. The van der Waals surface area contributed by atoms with Gasteiger partial charge in [0.05, 0.1) is 0 Å². The molecule has 0 radical (unpaired) electrons. The molecule has 0 saturated heterocycles. The summed E-state index contributed by atoms with van der Waals surface area (Å²) in [7, 11) is 0. The molecule has 3 heteroatoms. The maximum atomic E-state index is 5.70. The molecule has 0 bridgehead atoms. The van der Waals surface area contributed by atoms with E-state index >= 15 is 0 Å². The monoisotopic (exact) mass is 452 g/mol. The summed E-state index contributed by atoms with van der Waals surface area (Å²) in [5.41, 5.74) is 1.29. The van der Waals surface area contributed by atoms with E-state index in [1.807, 2.05) is 0 Å². The van der Waals surface area contributed by atoms with Crippen LogP contribution in [0.25, 0.3) is 0 Å². The third kappa shape index (κ3) is 2.08. The smallest absolute Gasteiger partial charge is 0.0262 e. The molecule has 5 aliphatic carbocycles. The standard InChI is InChI=1S/C26H44S3/c1-15-8-9-19-23(5)17-12-16(2)13-18(17)24(6)20(26(19,29)25(23,24)7)14-22(4,28)21(3,27)11-10-15/h15-20,27-29H,8-14H2,1-7H3. The molecule has 5 fully saturated rings. The largest absolute Gasteiger partial charge is 0.171 e. The molecule has 5 aliphatic rings. The molecular formula is C26H44S3. The molecule has 12 atom stereocenters. The summed E-state index contributed by atoms with van der Waals surface area (Å²) in [5, 5.41) is 0. The SMILES string of the molecule is CC1CCC2C3(C)C4CC(C)CC4C4(C)C(CC(C)(S)C(C)(S)CC1)C2(S)C34C. The van der Waals surface area contributed by atoms with E-state index in [-0.39, 0.29) is 14.2 Å². The lowest BCUT2D eigenvalue weighted by Gasteiger charge is -2.88. The van der Waals surface area contributed by atoms with Crippen molar-refractivity contribution in [1.29, 1.82) is 0 Å². The maximum absolute atomic E-state index is 5.70. The van der Waals surface area contributed by atoms with E-state index in [0.29, 0.717) is 22.2 Å². The van der Waals surface area contributed by atoms with Crippen molar-refractivity contribution in [2.75, 3.05) is 0 Å². The van der Waals surface area contributed by atoms with Gasteiger partial charge in [-0.2, -0.15) is 37.9 Å². The summed E-state index contributed by atoms with van der Waals surface area (Å²) in [6, 6.07) is 0. The number of hydrogen-bond donors (Lipinski definition) is 3. The highest BCUT2D eigenvalue weighted by atomic mass is 32.1. The van der Waals surface area contributed by atoms with Gasteiger partial charge in [0.1, 0.15) is 0 Å². The van der Waals surface area contributed by atoms with Crippen molar-refractivity contribution in [3.63, 3.8) is 0 Å². The quantitative estimate of drug-likeness (QED) is 0.310. The van der Waals surface area contributed by atoms with Gasteiger partial charge >= 0.3 is 0 Å². The van der Waals surface area contributed by atoms with E-state index in [0.717, 1.165) is 29.6 Å². The Hall–Kier alpha value is 1.05. The van der Waals surface area contributed by atoms with Crippen molar-refractivity contribution in [2.24, 2.45) is 51.8 Å². The third-order valence-corrected chi connectivity index (χ3v) is 15.3. The molecule has 0 aromatic carbocycles. The lowest BCUT2D eigenvalue weighted by Crippen LogP contribution is -2.88. The first-order chi connectivity index (χ1) is 13.2. The highest BCUT2D eigenvalue weighted by Gasteiger charge is 2.96. The number of thiol groups is 3. The van der Waals surface area contributed by atoms with Crippen LogP contribution in [-0.4, -0.2) is 14.2 Å². The van der Waals surface area contributed by atoms with Crippen molar-refractivity contribution in [2.45, 2.75) is 108 Å². The Balaban J connectivity index is 1.65. The van der Waals surface area contributed by atoms with Crippen LogP contribution in [0.3, 0.4) is 0 Å². The number of fused-ring (bicyclic) bond motifs is 5. The fourth-order valence-corrected chi connectivity index (χ4v) is 12.4. The van der Waals surface area contributed by atoms with Crippen LogP contribution in [0.1, 0.15) is 93.4 Å². The summed E-state index contributed by atoms with van der Waals surface area (Å²) in [5.74, 6) is 4.92. The van der Waals surface area contributed by atoms with Gasteiger partial charge < -0.3 is 0 Å². The lowest BCUT2D eigenvalue weighted by atomic mass is 9.21. The molecule has 0 spiro atoms. The average molecular weight is 453 g/mol. The Morgan fingerprint density at radius 2 is 1.21 bits per heavy atom. The van der Waals surface area contributed by atoms with Crippen LogP contribution in [-0.2, 0) is 0 Å². The Bertz CT molecular complexity index is 729. The van der Waals surface area contributed by atoms with Gasteiger partial charge in [0, 0.05) is 14.2 Å². The summed E-state index contributed by atoms with van der Waals surface area (Å²) in [6.45, 7) is 17.8. The zero-order valence-corrected chi connectivity index (χ0v) is 22.4. The zero-order valence-electron chi connectivity index (χ0n) is 19.8. The normalized spacial score (nSPS) is 68.9. The Morgan fingerprint density at radius 1 is 0.655 bits per heavy atom.